The van der Waals surface area contributed by atoms with Gasteiger partial charge in [0, 0.05) is 11.6 Å². The summed E-state index contributed by atoms with van der Waals surface area (Å²) in [6, 6.07) is 2.10. The molecule has 0 fully saturated rings. The second kappa shape index (κ2) is 4.96. The van der Waals surface area contributed by atoms with Crippen LogP contribution in [0.3, 0.4) is 0 Å². The highest BCUT2D eigenvalue weighted by Gasteiger charge is 2.19. The molecular weight excluding hydrogens is 245 g/mol. The van der Waals surface area contributed by atoms with Crippen LogP contribution >= 0.6 is 7.60 Å². The third kappa shape index (κ3) is 2.72. The number of nitrogens with zero attached hydrogens (tertiary/aromatic N) is 1. The molecule has 0 spiro atoms. The van der Waals surface area contributed by atoms with E-state index in [2.05, 4.69) is 0 Å². The third-order valence-corrected chi connectivity index (χ3v) is 3.59. The van der Waals surface area contributed by atoms with E-state index in [-0.39, 0.29) is 23.0 Å². The van der Waals surface area contributed by atoms with Crippen molar-refractivity contribution >= 4 is 18.6 Å². The third-order valence-electron chi connectivity index (χ3n) is 2.58. The summed E-state index contributed by atoms with van der Waals surface area (Å²) in [5.41, 5.74) is 0.443. The van der Waals surface area contributed by atoms with E-state index >= 15 is 0 Å². The van der Waals surface area contributed by atoms with Crippen molar-refractivity contribution in [3.63, 3.8) is 0 Å². The Kier molecular flexibility index (Phi) is 4.03. The Labute approximate surface area is 98.6 Å². The zero-order valence-corrected chi connectivity index (χ0v) is 10.4. The minimum atomic E-state index is -4.89. The van der Waals surface area contributed by atoms with Gasteiger partial charge in [0.05, 0.1) is 4.92 Å². The standard InChI is InChI=1S/C10H14NO5P/c1-3-7-8(4-2)10(17(14,15)16)6-5-9(7)11(12)13/h5-6H,3-4H2,1-2H3,(H2,14,15,16)/p-2. The molecule has 0 N–H and O–H groups in total. The van der Waals surface area contributed by atoms with Crippen molar-refractivity contribution < 1.29 is 19.3 Å². The van der Waals surface area contributed by atoms with Crippen molar-refractivity contribution in [1.29, 1.82) is 0 Å². The fraction of sp³-hybridized carbons (Fsp3) is 0.400. The maximum atomic E-state index is 11.1. The summed E-state index contributed by atoms with van der Waals surface area (Å²) in [6.07, 6.45) is 0.585. The molecule has 0 saturated carbocycles. The fourth-order valence-electron chi connectivity index (χ4n) is 1.88. The zero-order chi connectivity index (χ0) is 13.2. The lowest BCUT2D eigenvalue weighted by Crippen LogP contribution is -2.28. The smallest absolute Gasteiger partial charge is 0.272 e. The molecule has 0 unspecified atom stereocenters. The van der Waals surface area contributed by atoms with E-state index in [0.717, 1.165) is 12.1 Å². The number of hydrogen-bond acceptors (Lipinski definition) is 5. The number of nitro groups is 1. The minimum Gasteiger partial charge on any atom is -0.807 e. The van der Waals surface area contributed by atoms with E-state index < -0.39 is 12.5 Å². The summed E-state index contributed by atoms with van der Waals surface area (Å²) in [5, 5.41) is 10.5. The molecule has 94 valence electrons. The van der Waals surface area contributed by atoms with Gasteiger partial charge in [-0.25, -0.2) is 0 Å². The van der Waals surface area contributed by atoms with Crippen molar-refractivity contribution in [2.75, 3.05) is 0 Å². The molecule has 0 atom stereocenters. The SMILES string of the molecule is CCc1c([N+](=O)[O-])ccc(P(=O)([O-])[O-])c1CC. The molecule has 17 heavy (non-hydrogen) atoms. The molecule has 1 rings (SSSR count). The summed E-state index contributed by atoms with van der Waals surface area (Å²) < 4.78 is 11.1. The molecule has 0 heterocycles. The normalized spacial score (nSPS) is 11.5. The maximum absolute atomic E-state index is 11.1. The monoisotopic (exact) mass is 257 g/mol. The fourth-order valence-corrected chi connectivity index (χ4v) is 2.77. The van der Waals surface area contributed by atoms with Gasteiger partial charge in [-0.3, -0.25) is 10.1 Å². The molecular formula is C10H12NO5P-2. The van der Waals surface area contributed by atoms with E-state index in [9.17, 15) is 24.5 Å². The summed E-state index contributed by atoms with van der Waals surface area (Å²) in [4.78, 5) is 32.4. The van der Waals surface area contributed by atoms with E-state index in [1.54, 1.807) is 13.8 Å². The van der Waals surface area contributed by atoms with Crippen LogP contribution in [0.5, 0.6) is 0 Å². The van der Waals surface area contributed by atoms with Crippen LogP contribution in [0.2, 0.25) is 0 Å². The maximum Gasteiger partial charge on any atom is 0.272 e. The number of nitro benzene ring substituents is 1. The van der Waals surface area contributed by atoms with Crippen LogP contribution in [0.25, 0.3) is 0 Å². The number of rotatable bonds is 4. The molecule has 6 nitrogen and oxygen atoms in total. The summed E-state index contributed by atoms with van der Waals surface area (Å²) in [7, 11) is -4.89. The Bertz CT molecular complexity index is 494. The second-order valence-electron chi connectivity index (χ2n) is 3.52. The molecule has 0 aliphatic carbocycles. The summed E-state index contributed by atoms with van der Waals surface area (Å²) in [6.45, 7) is 3.35. The van der Waals surface area contributed by atoms with Gasteiger partial charge in [0.2, 0.25) is 0 Å². The lowest BCUT2D eigenvalue weighted by atomic mass is 10.0. The number of benzene rings is 1. The minimum absolute atomic E-state index is 0.137. The molecule has 7 heteroatoms. The van der Waals surface area contributed by atoms with Gasteiger partial charge < -0.3 is 14.4 Å². The first-order valence-corrected chi connectivity index (χ1v) is 6.68. The van der Waals surface area contributed by atoms with E-state index in [4.69, 9.17) is 0 Å². The van der Waals surface area contributed by atoms with Crippen LogP contribution in [0.1, 0.15) is 25.0 Å². The second-order valence-corrected chi connectivity index (χ2v) is 5.00. The van der Waals surface area contributed by atoms with Gasteiger partial charge in [-0.2, -0.15) is 0 Å². The number of hydrogen-bond donors (Lipinski definition) is 0. The van der Waals surface area contributed by atoms with Gasteiger partial charge in [0.15, 0.2) is 0 Å². The first kappa shape index (κ1) is 13.8. The van der Waals surface area contributed by atoms with Gasteiger partial charge in [0.1, 0.15) is 0 Å². The largest absolute Gasteiger partial charge is 0.807 e. The molecule has 1 aromatic carbocycles. The first-order chi connectivity index (χ1) is 7.82. The molecule has 0 aliphatic rings. The Morgan fingerprint density at radius 3 is 2.06 bits per heavy atom. The van der Waals surface area contributed by atoms with Gasteiger partial charge in [-0.15, -0.1) is 0 Å². The van der Waals surface area contributed by atoms with Crippen LogP contribution in [0.15, 0.2) is 12.1 Å². The lowest BCUT2D eigenvalue weighted by Gasteiger charge is -2.32. The zero-order valence-electron chi connectivity index (χ0n) is 9.50. The molecule has 0 aliphatic heterocycles. The Hall–Kier alpha value is -1.23. The Balaban J connectivity index is 3.60. The quantitative estimate of drug-likeness (QED) is 0.437. The van der Waals surface area contributed by atoms with E-state index in [1.165, 1.54) is 0 Å². The summed E-state index contributed by atoms with van der Waals surface area (Å²) in [5.74, 6) is 0. The van der Waals surface area contributed by atoms with Crippen molar-refractivity contribution in [2.24, 2.45) is 0 Å². The predicted molar refractivity (Wildman–Crippen MR) is 59.1 cm³/mol. The Morgan fingerprint density at radius 1 is 1.18 bits per heavy atom. The highest BCUT2D eigenvalue weighted by molar-refractivity contribution is 7.57. The van der Waals surface area contributed by atoms with Crippen molar-refractivity contribution in [2.45, 2.75) is 26.7 Å². The van der Waals surface area contributed by atoms with Crippen LogP contribution < -0.4 is 15.1 Å². The predicted octanol–water partition coefficient (Wildman–Crippen LogP) is 0.259. The van der Waals surface area contributed by atoms with Crippen LogP contribution in [0, 0.1) is 10.1 Å². The van der Waals surface area contributed by atoms with E-state index in [0.29, 0.717) is 12.0 Å². The molecule has 1 aromatic rings. The molecule has 0 bridgehead atoms. The lowest BCUT2D eigenvalue weighted by molar-refractivity contribution is -0.385. The van der Waals surface area contributed by atoms with Crippen molar-refractivity contribution in [3.8, 4) is 0 Å². The topological polar surface area (TPSA) is 106 Å². The van der Waals surface area contributed by atoms with Gasteiger partial charge in [0.25, 0.3) is 5.69 Å². The van der Waals surface area contributed by atoms with Gasteiger partial charge in [-0.05, 0) is 37.4 Å². The first-order valence-electron chi connectivity index (χ1n) is 5.14. The highest BCUT2D eigenvalue weighted by Crippen LogP contribution is 2.31. The van der Waals surface area contributed by atoms with Crippen molar-refractivity contribution in [1.82, 2.24) is 0 Å². The molecule has 0 saturated heterocycles. The summed E-state index contributed by atoms with van der Waals surface area (Å²) >= 11 is 0. The molecule has 0 amide bonds. The van der Waals surface area contributed by atoms with E-state index in [1.807, 2.05) is 0 Å². The van der Waals surface area contributed by atoms with Crippen LogP contribution in [-0.2, 0) is 17.4 Å². The van der Waals surface area contributed by atoms with Gasteiger partial charge >= 0.3 is 0 Å². The molecule has 0 radical (unpaired) electrons. The Morgan fingerprint density at radius 2 is 1.71 bits per heavy atom. The highest BCUT2D eigenvalue weighted by atomic mass is 31.2. The average molecular weight is 257 g/mol. The van der Waals surface area contributed by atoms with Gasteiger partial charge in [-0.1, -0.05) is 13.8 Å². The molecule has 0 aromatic heterocycles. The van der Waals surface area contributed by atoms with Crippen LogP contribution in [-0.4, -0.2) is 4.92 Å². The van der Waals surface area contributed by atoms with Crippen LogP contribution in [0.4, 0.5) is 5.69 Å². The average Bonchev–Trinajstić information content (AvgIpc) is 2.25. The van der Waals surface area contributed by atoms with Crippen molar-refractivity contribution in [3.05, 3.63) is 33.4 Å².